The lowest BCUT2D eigenvalue weighted by Gasteiger charge is -2.12. The predicted octanol–water partition coefficient (Wildman–Crippen LogP) is 2.79. The van der Waals surface area contributed by atoms with Crippen LogP contribution in [-0.2, 0) is 18.9 Å². The summed E-state index contributed by atoms with van der Waals surface area (Å²) in [5.41, 5.74) is 0.792. The molecule has 176 valence electrons. The molecule has 9 nitrogen and oxygen atoms in total. The zero-order valence-electron chi connectivity index (χ0n) is 18.6. The van der Waals surface area contributed by atoms with Crippen molar-refractivity contribution in [1.82, 2.24) is 15.5 Å². The molecule has 0 aliphatic rings. The molecule has 2 rings (SSSR count). The number of furan rings is 1. The van der Waals surface area contributed by atoms with E-state index in [4.69, 9.17) is 14.3 Å². The molecular formula is C22H32N4O5S. The number of nitrogens with zero attached hydrogens (tertiary/aromatic N) is 2. The van der Waals surface area contributed by atoms with Gasteiger partial charge in [-0.25, -0.2) is 0 Å². The highest BCUT2D eigenvalue weighted by atomic mass is 32.2. The fraction of sp³-hybridized carbons (Fsp3) is 0.455. The molecular weight excluding hydrogens is 432 g/mol. The fourth-order valence-corrected chi connectivity index (χ4v) is 3.55. The van der Waals surface area contributed by atoms with Gasteiger partial charge in [0, 0.05) is 18.8 Å². The minimum absolute atomic E-state index is 0.0310. The molecule has 0 spiro atoms. The van der Waals surface area contributed by atoms with Gasteiger partial charge in [0.1, 0.15) is 17.3 Å². The zero-order chi connectivity index (χ0) is 23.2. The molecule has 0 atom stereocenters. The van der Waals surface area contributed by atoms with Crippen molar-refractivity contribution in [3.8, 4) is 5.75 Å². The summed E-state index contributed by atoms with van der Waals surface area (Å²) >= 11 is 1.70. The third-order valence-corrected chi connectivity index (χ3v) is 5.20. The molecule has 0 unspecified atom stereocenters. The van der Waals surface area contributed by atoms with E-state index in [-0.39, 0.29) is 6.61 Å². The van der Waals surface area contributed by atoms with Crippen LogP contribution in [0.5, 0.6) is 5.75 Å². The third-order valence-electron chi connectivity index (χ3n) is 4.22. The van der Waals surface area contributed by atoms with Gasteiger partial charge in [-0.1, -0.05) is 12.1 Å². The van der Waals surface area contributed by atoms with Crippen LogP contribution in [0.2, 0.25) is 0 Å². The number of ether oxygens (including phenoxy) is 1. The summed E-state index contributed by atoms with van der Waals surface area (Å²) < 4.78 is 11.4. The molecule has 3 N–H and O–H groups in total. The van der Waals surface area contributed by atoms with Crippen molar-refractivity contribution in [3.05, 3.63) is 75.6 Å². The number of hydrogen-bond acceptors (Lipinski definition) is 9. The Kier molecular flexibility index (Phi) is 11.5. The first-order valence-corrected chi connectivity index (χ1v) is 11.6. The monoisotopic (exact) mass is 464 g/mol. The van der Waals surface area contributed by atoms with Crippen molar-refractivity contribution in [1.29, 1.82) is 0 Å². The van der Waals surface area contributed by atoms with Crippen LogP contribution in [0.15, 0.2) is 52.8 Å². The first-order valence-electron chi connectivity index (χ1n) is 10.4. The smallest absolute Gasteiger partial charge is 0.274 e. The Morgan fingerprint density at radius 1 is 1.25 bits per heavy atom. The van der Waals surface area contributed by atoms with Gasteiger partial charge >= 0.3 is 0 Å². The number of aliphatic hydroxyl groups excluding tert-OH is 1. The van der Waals surface area contributed by atoms with Crippen LogP contribution in [0.1, 0.15) is 23.5 Å². The molecule has 0 amide bonds. The summed E-state index contributed by atoms with van der Waals surface area (Å²) in [5, 5.41) is 26.2. The third kappa shape index (κ3) is 10.6. The molecule has 0 aliphatic heterocycles. The van der Waals surface area contributed by atoms with Gasteiger partial charge in [-0.15, -0.1) is 0 Å². The first-order chi connectivity index (χ1) is 15.5. The van der Waals surface area contributed by atoms with E-state index in [2.05, 4.69) is 15.5 Å². The molecule has 0 aliphatic carbocycles. The van der Waals surface area contributed by atoms with Gasteiger partial charge in [0.15, 0.2) is 5.82 Å². The molecule has 32 heavy (non-hydrogen) atoms. The summed E-state index contributed by atoms with van der Waals surface area (Å²) in [4.78, 5) is 12.5. The molecule has 0 bridgehead atoms. The summed E-state index contributed by atoms with van der Waals surface area (Å²) in [7, 11) is 3.99. The highest BCUT2D eigenvalue weighted by Crippen LogP contribution is 2.16. The van der Waals surface area contributed by atoms with Crippen LogP contribution in [0, 0.1) is 10.1 Å². The van der Waals surface area contributed by atoms with E-state index >= 15 is 0 Å². The number of benzene rings is 1. The minimum Gasteiger partial charge on any atom is -0.494 e. The number of nitro groups is 1. The second-order valence-corrected chi connectivity index (χ2v) is 8.45. The molecule has 0 saturated heterocycles. The Bertz CT molecular complexity index is 856. The van der Waals surface area contributed by atoms with Crippen LogP contribution in [0.25, 0.3) is 0 Å². The molecule has 1 aromatic heterocycles. The molecule has 1 heterocycles. The van der Waals surface area contributed by atoms with Gasteiger partial charge in [0.2, 0.25) is 0 Å². The normalized spacial score (nSPS) is 11.6. The summed E-state index contributed by atoms with van der Waals surface area (Å²) in [6.07, 6.45) is 1.61. The number of thioether (sulfide) groups is 1. The SMILES string of the molecule is CN(C)Cc1ccc(CSCCN/C(=C/[N+](=O)[O-])NCCCOc2cccc(CO)c2)o1. The predicted molar refractivity (Wildman–Crippen MR) is 126 cm³/mol. The maximum absolute atomic E-state index is 10.9. The Labute approximate surface area is 193 Å². The average Bonchev–Trinajstić information content (AvgIpc) is 3.19. The Hall–Kier alpha value is -2.69. The Morgan fingerprint density at radius 3 is 2.78 bits per heavy atom. The van der Waals surface area contributed by atoms with E-state index in [0.717, 1.165) is 41.3 Å². The van der Waals surface area contributed by atoms with Crippen molar-refractivity contribution in [2.24, 2.45) is 0 Å². The van der Waals surface area contributed by atoms with Crippen molar-refractivity contribution in [3.63, 3.8) is 0 Å². The minimum atomic E-state index is -0.478. The fourth-order valence-electron chi connectivity index (χ4n) is 2.81. The van der Waals surface area contributed by atoms with E-state index < -0.39 is 4.92 Å². The van der Waals surface area contributed by atoms with Crippen molar-refractivity contribution in [2.45, 2.75) is 25.3 Å². The van der Waals surface area contributed by atoms with Crippen molar-refractivity contribution >= 4 is 11.8 Å². The van der Waals surface area contributed by atoms with Crippen LogP contribution in [0.3, 0.4) is 0 Å². The number of hydrogen-bond donors (Lipinski definition) is 3. The molecule has 1 aromatic carbocycles. The largest absolute Gasteiger partial charge is 0.494 e. The Balaban J connectivity index is 1.63. The van der Waals surface area contributed by atoms with Gasteiger partial charge < -0.3 is 29.8 Å². The number of aliphatic hydroxyl groups is 1. The molecule has 0 radical (unpaired) electrons. The molecule has 10 heteroatoms. The van der Waals surface area contributed by atoms with E-state index in [1.807, 2.05) is 44.4 Å². The van der Waals surface area contributed by atoms with E-state index in [1.54, 1.807) is 17.8 Å². The topological polar surface area (TPSA) is 113 Å². The van der Waals surface area contributed by atoms with Crippen molar-refractivity contribution < 1.29 is 19.2 Å². The van der Waals surface area contributed by atoms with Gasteiger partial charge in [0.25, 0.3) is 6.20 Å². The van der Waals surface area contributed by atoms with E-state index in [9.17, 15) is 10.1 Å². The summed E-state index contributed by atoms with van der Waals surface area (Å²) in [6.45, 7) is 2.32. The van der Waals surface area contributed by atoms with Crippen LogP contribution in [-0.4, -0.2) is 54.5 Å². The average molecular weight is 465 g/mol. The van der Waals surface area contributed by atoms with Gasteiger partial charge in [-0.2, -0.15) is 11.8 Å². The maximum Gasteiger partial charge on any atom is 0.274 e. The molecule has 0 saturated carbocycles. The zero-order valence-corrected chi connectivity index (χ0v) is 19.4. The van der Waals surface area contributed by atoms with Gasteiger partial charge in [0.05, 0.1) is 30.4 Å². The lowest BCUT2D eigenvalue weighted by Crippen LogP contribution is -2.30. The van der Waals surface area contributed by atoms with E-state index in [1.165, 1.54) is 0 Å². The summed E-state index contributed by atoms with van der Waals surface area (Å²) in [6, 6.07) is 11.2. The number of rotatable bonds is 16. The molecule has 0 fully saturated rings. The van der Waals surface area contributed by atoms with E-state index in [0.29, 0.717) is 37.7 Å². The van der Waals surface area contributed by atoms with Crippen LogP contribution < -0.4 is 15.4 Å². The highest BCUT2D eigenvalue weighted by Gasteiger charge is 2.05. The Morgan fingerprint density at radius 2 is 2.03 bits per heavy atom. The van der Waals surface area contributed by atoms with Crippen LogP contribution >= 0.6 is 11.8 Å². The second kappa shape index (κ2) is 14.4. The first kappa shape index (κ1) is 25.6. The van der Waals surface area contributed by atoms with Crippen LogP contribution in [0.4, 0.5) is 0 Å². The number of nitrogens with one attached hydrogen (secondary N) is 2. The summed E-state index contributed by atoms with van der Waals surface area (Å²) in [5.74, 6) is 4.48. The lowest BCUT2D eigenvalue weighted by atomic mass is 10.2. The van der Waals surface area contributed by atoms with Gasteiger partial charge in [-0.3, -0.25) is 10.1 Å². The molecule has 2 aromatic rings. The van der Waals surface area contributed by atoms with Gasteiger partial charge in [-0.05, 0) is 50.3 Å². The second-order valence-electron chi connectivity index (χ2n) is 7.35. The maximum atomic E-state index is 10.9. The van der Waals surface area contributed by atoms with Crippen molar-refractivity contribution in [2.75, 3.05) is 39.5 Å². The quantitative estimate of drug-likeness (QED) is 0.196. The lowest BCUT2D eigenvalue weighted by molar-refractivity contribution is -0.404. The standard InChI is InChI=1S/C22H32N4O5S/c1-25(2)14-20-7-8-21(31-20)17-32-12-10-24-22(15-26(28)29)23-9-4-11-30-19-6-3-5-18(13-19)16-27/h3,5-8,13,15,23-24,27H,4,9-12,14,16-17H2,1-2H3/b22-15+. The highest BCUT2D eigenvalue weighted by molar-refractivity contribution is 7.98.